The van der Waals surface area contributed by atoms with Crippen molar-refractivity contribution in [3.05, 3.63) is 12.2 Å². The maximum Gasteiger partial charge on any atom is 0.333 e. The molecule has 0 aromatic heterocycles. The zero-order valence-electron chi connectivity index (χ0n) is 7.05. The number of hydrogen-bond acceptors (Lipinski definition) is 3. The van der Waals surface area contributed by atoms with Crippen molar-refractivity contribution in [2.45, 2.75) is 19.4 Å². The molecule has 0 saturated carbocycles. The number of hydrogen-bond donors (Lipinski definition) is 1. The molecular weight excluding hydrogens is 180 g/mol. The summed E-state index contributed by atoms with van der Waals surface area (Å²) in [6, 6.07) is 0. The van der Waals surface area contributed by atoms with Crippen molar-refractivity contribution in [3.63, 3.8) is 0 Å². The molecule has 0 spiro atoms. The van der Waals surface area contributed by atoms with Gasteiger partial charge in [0, 0.05) is 12.0 Å². The van der Waals surface area contributed by atoms with E-state index in [0.29, 0.717) is 0 Å². The van der Waals surface area contributed by atoms with Gasteiger partial charge in [-0.1, -0.05) is 6.58 Å². The molecule has 0 aromatic carbocycles. The van der Waals surface area contributed by atoms with E-state index in [1.165, 1.54) is 0 Å². The second kappa shape index (κ2) is 6.03. The summed E-state index contributed by atoms with van der Waals surface area (Å²) in [7, 11) is 0. The summed E-state index contributed by atoms with van der Waals surface area (Å²) in [6.45, 7) is 5.23. The molecule has 3 nitrogen and oxygen atoms in total. The van der Waals surface area contributed by atoms with Crippen LogP contribution in [-0.4, -0.2) is 29.7 Å². The second-order valence-electron chi connectivity index (χ2n) is 2.48. The molecule has 0 amide bonds. The van der Waals surface area contributed by atoms with Crippen LogP contribution >= 0.6 is 11.6 Å². The lowest BCUT2D eigenvalue weighted by Gasteiger charge is -2.06. The van der Waals surface area contributed by atoms with Crippen LogP contribution in [0.2, 0.25) is 0 Å². The van der Waals surface area contributed by atoms with E-state index in [9.17, 15) is 4.79 Å². The fraction of sp³-hybridized carbons (Fsp3) is 0.625. The van der Waals surface area contributed by atoms with Crippen LogP contribution in [0.1, 0.15) is 13.3 Å². The molecule has 4 heteroatoms. The van der Waals surface area contributed by atoms with Gasteiger partial charge < -0.3 is 9.84 Å². The third kappa shape index (κ3) is 5.16. The van der Waals surface area contributed by atoms with Crippen LogP contribution in [0, 0.1) is 0 Å². The molecule has 1 unspecified atom stereocenters. The summed E-state index contributed by atoms with van der Waals surface area (Å²) in [4.78, 5) is 10.9. The van der Waals surface area contributed by atoms with Gasteiger partial charge in [-0.3, -0.25) is 0 Å². The standard InChI is InChI=1S/C8H13ClO3/c1-6(5-7(2)10)8(11)12-4-3-9/h7,10H,1,3-5H2,2H3. The Kier molecular flexibility index (Phi) is 5.76. The highest BCUT2D eigenvalue weighted by molar-refractivity contribution is 6.18. The number of esters is 1. The van der Waals surface area contributed by atoms with Crippen molar-refractivity contribution in [1.29, 1.82) is 0 Å². The minimum Gasteiger partial charge on any atom is -0.461 e. The summed E-state index contributed by atoms with van der Waals surface area (Å²) >= 11 is 5.30. The molecule has 0 fully saturated rings. The highest BCUT2D eigenvalue weighted by atomic mass is 35.5. The molecule has 0 aliphatic rings. The van der Waals surface area contributed by atoms with Crippen LogP contribution in [0.4, 0.5) is 0 Å². The Bertz CT molecular complexity index is 166. The van der Waals surface area contributed by atoms with Gasteiger partial charge in [-0.05, 0) is 6.92 Å². The van der Waals surface area contributed by atoms with Crippen molar-refractivity contribution >= 4 is 17.6 Å². The second-order valence-corrected chi connectivity index (χ2v) is 2.86. The van der Waals surface area contributed by atoms with Gasteiger partial charge in [0.05, 0.1) is 12.0 Å². The van der Waals surface area contributed by atoms with E-state index in [-0.39, 0.29) is 24.5 Å². The Morgan fingerprint density at radius 2 is 2.33 bits per heavy atom. The summed E-state index contributed by atoms with van der Waals surface area (Å²) in [5.41, 5.74) is 0.273. The van der Waals surface area contributed by atoms with Gasteiger partial charge in [0.2, 0.25) is 0 Å². The first-order valence-corrected chi connectivity index (χ1v) is 4.20. The van der Waals surface area contributed by atoms with E-state index in [4.69, 9.17) is 16.7 Å². The third-order valence-corrected chi connectivity index (χ3v) is 1.30. The Morgan fingerprint density at radius 3 is 2.75 bits per heavy atom. The molecule has 1 atom stereocenters. The molecule has 1 N–H and O–H groups in total. The molecule has 70 valence electrons. The molecule has 0 bridgehead atoms. The number of alkyl halides is 1. The molecule has 0 heterocycles. The fourth-order valence-corrected chi connectivity index (χ4v) is 0.750. The van der Waals surface area contributed by atoms with Gasteiger partial charge in [0.1, 0.15) is 6.61 Å². The predicted octanol–water partition coefficient (Wildman–Crippen LogP) is 1.10. The maximum atomic E-state index is 10.9. The Balaban J connectivity index is 3.70. The smallest absolute Gasteiger partial charge is 0.333 e. The number of aliphatic hydroxyl groups excluding tert-OH is 1. The van der Waals surface area contributed by atoms with Gasteiger partial charge >= 0.3 is 5.97 Å². The van der Waals surface area contributed by atoms with Crippen LogP contribution in [0.25, 0.3) is 0 Å². The van der Waals surface area contributed by atoms with Crippen LogP contribution < -0.4 is 0 Å². The molecule has 0 aliphatic carbocycles. The third-order valence-electron chi connectivity index (χ3n) is 1.14. The zero-order chi connectivity index (χ0) is 9.56. The minimum absolute atomic E-state index is 0.180. The van der Waals surface area contributed by atoms with Gasteiger partial charge in [-0.15, -0.1) is 11.6 Å². The summed E-state index contributed by atoms with van der Waals surface area (Å²) in [5, 5.41) is 8.90. The van der Waals surface area contributed by atoms with E-state index in [1.807, 2.05) is 0 Å². The lowest BCUT2D eigenvalue weighted by atomic mass is 10.1. The van der Waals surface area contributed by atoms with Gasteiger partial charge in [-0.2, -0.15) is 0 Å². The van der Waals surface area contributed by atoms with Gasteiger partial charge in [0.15, 0.2) is 0 Å². The van der Waals surface area contributed by atoms with Crippen LogP contribution in [0.15, 0.2) is 12.2 Å². The summed E-state index contributed by atoms with van der Waals surface area (Å²) in [5.74, 6) is -0.218. The van der Waals surface area contributed by atoms with E-state index in [1.54, 1.807) is 6.92 Å². The highest BCUT2D eigenvalue weighted by Gasteiger charge is 2.10. The molecule has 0 radical (unpaired) electrons. The first-order chi connectivity index (χ1) is 5.57. The molecular formula is C8H13ClO3. The number of ether oxygens (including phenoxy) is 1. The quantitative estimate of drug-likeness (QED) is 0.403. The topological polar surface area (TPSA) is 46.5 Å². The number of aliphatic hydroxyl groups is 1. The summed E-state index contributed by atoms with van der Waals surface area (Å²) < 4.78 is 4.67. The SMILES string of the molecule is C=C(CC(C)O)C(=O)OCCCl. The van der Waals surface area contributed by atoms with Gasteiger partial charge in [0.25, 0.3) is 0 Å². The number of carbonyl (C=O) groups excluding carboxylic acids is 1. The summed E-state index contributed by atoms with van der Waals surface area (Å²) in [6.07, 6.45) is -0.331. The van der Waals surface area contributed by atoms with E-state index in [0.717, 1.165) is 0 Å². The number of carbonyl (C=O) groups is 1. The normalized spacial score (nSPS) is 12.2. The number of rotatable bonds is 5. The highest BCUT2D eigenvalue weighted by Crippen LogP contribution is 2.04. The average molecular weight is 193 g/mol. The molecule has 0 aliphatic heterocycles. The molecule has 0 aromatic rings. The van der Waals surface area contributed by atoms with Crippen molar-refractivity contribution in [1.82, 2.24) is 0 Å². The lowest BCUT2D eigenvalue weighted by Crippen LogP contribution is -2.13. The Hall–Kier alpha value is -0.540. The minimum atomic E-state index is -0.568. The van der Waals surface area contributed by atoms with Crippen molar-refractivity contribution in [3.8, 4) is 0 Å². The van der Waals surface area contributed by atoms with Crippen LogP contribution in [0.5, 0.6) is 0 Å². The lowest BCUT2D eigenvalue weighted by molar-refractivity contribution is -0.138. The zero-order valence-corrected chi connectivity index (χ0v) is 7.80. The largest absolute Gasteiger partial charge is 0.461 e. The first-order valence-electron chi connectivity index (χ1n) is 3.67. The van der Waals surface area contributed by atoms with Crippen LogP contribution in [0.3, 0.4) is 0 Å². The maximum absolute atomic E-state index is 10.9. The van der Waals surface area contributed by atoms with Crippen LogP contribution in [-0.2, 0) is 9.53 Å². The molecule has 12 heavy (non-hydrogen) atoms. The first kappa shape index (κ1) is 11.5. The number of halogens is 1. The molecule has 0 rings (SSSR count). The average Bonchev–Trinajstić information content (AvgIpc) is 1.98. The van der Waals surface area contributed by atoms with Gasteiger partial charge in [-0.25, -0.2) is 4.79 Å². The van der Waals surface area contributed by atoms with E-state index >= 15 is 0 Å². The predicted molar refractivity (Wildman–Crippen MR) is 47.1 cm³/mol. The fourth-order valence-electron chi connectivity index (χ4n) is 0.673. The monoisotopic (exact) mass is 192 g/mol. The van der Waals surface area contributed by atoms with Crippen molar-refractivity contribution in [2.24, 2.45) is 0 Å². The Labute approximate surface area is 77.0 Å². The van der Waals surface area contributed by atoms with E-state index < -0.39 is 12.1 Å². The van der Waals surface area contributed by atoms with Crippen molar-refractivity contribution < 1.29 is 14.6 Å². The van der Waals surface area contributed by atoms with E-state index in [2.05, 4.69) is 11.3 Å². The Morgan fingerprint density at radius 1 is 1.75 bits per heavy atom. The van der Waals surface area contributed by atoms with Crippen molar-refractivity contribution in [2.75, 3.05) is 12.5 Å². The molecule has 0 saturated heterocycles.